The molecule has 0 aromatic heterocycles. The van der Waals surface area contributed by atoms with Crippen molar-refractivity contribution in [2.75, 3.05) is 13.2 Å². The summed E-state index contributed by atoms with van der Waals surface area (Å²) < 4.78 is 10.2. The number of ether oxygens (including phenoxy) is 2. The van der Waals surface area contributed by atoms with Gasteiger partial charge in [0.25, 0.3) is 0 Å². The maximum atomic E-state index is 11.9. The molecule has 5 heteroatoms. The number of esters is 2. The van der Waals surface area contributed by atoms with Crippen LogP contribution in [0.2, 0.25) is 0 Å². The van der Waals surface area contributed by atoms with Crippen LogP contribution in [0, 0.1) is 0 Å². The standard InChI is InChI=1S/C37H62O5/c1-3-5-7-9-11-13-15-17-18-20-22-24-26-28-30-32-37(40)42-34-35(38)33-41-36(39)31-29-27-25-23-21-19-16-14-12-10-8-6-4-2/h5,7,11,13,17-19,21-22,24,35,38H,3-4,6,8-10,12,14-16,20,23,25-34H2,1-2H3/b7-5-,13-11-,18-17-,21-19-,24-22-/t35-/m1/s1. The van der Waals surface area contributed by atoms with E-state index < -0.39 is 6.10 Å². The first kappa shape index (κ1) is 39.6. The van der Waals surface area contributed by atoms with Crippen molar-refractivity contribution in [2.24, 2.45) is 0 Å². The van der Waals surface area contributed by atoms with Gasteiger partial charge in [-0.2, -0.15) is 0 Å². The zero-order chi connectivity index (χ0) is 30.8. The van der Waals surface area contributed by atoms with Crippen LogP contribution in [0.15, 0.2) is 60.8 Å². The fourth-order valence-corrected chi connectivity index (χ4v) is 4.19. The van der Waals surface area contributed by atoms with Gasteiger partial charge >= 0.3 is 11.9 Å². The predicted molar refractivity (Wildman–Crippen MR) is 177 cm³/mol. The van der Waals surface area contributed by atoms with E-state index in [0.29, 0.717) is 12.8 Å². The Labute approximate surface area is 258 Å². The Morgan fingerprint density at radius 1 is 0.524 bits per heavy atom. The third kappa shape index (κ3) is 32.1. The zero-order valence-corrected chi connectivity index (χ0v) is 27.0. The molecular formula is C37H62O5. The van der Waals surface area contributed by atoms with Crippen LogP contribution in [-0.2, 0) is 19.1 Å². The minimum absolute atomic E-state index is 0.140. The highest BCUT2D eigenvalue weighted by molar-refractivity contribution is 5.69. The molecule has 0 bridgehead atoms. The first-order chi connectivity index (χ1) is 20.6. The van der Waals surface area contributed by atoms with Crippen molar-refractivity contribution in [3.05, 3.63) is 60.8 Å². The fourth-order valence-electron chi connectivity index (χ4n) is 4.19. The lowest BCUT2D eigenvalue weighted by atomic mass is 10.1. The lowest BCUT2D eigenvalue weighted by Gasteiger charge is -2.12. The summed E-state index contributed by atoms with van der Waals surface area (Å²) in [4.78, 5) is 23.8. The maximum absolute atomic E-state index is 11.9. The highest BCUT2D eigenvalue weighted by Crippen LogP contribution is 2.09. The van der Waals surface area contributed by atoms with Crippen molar-refractivity contribution in [1.29, 1.82) is 0 Å². The van der Waals surface area contributed by atoms with Gasteiger partial charge < -0.3 is 14.6 Å². The van der Waals surface area contributed by atoms with Gasteiger partial charge in [0.2, 0.25) is 0 Å². The van der Waals surface area contributed by atoms with Crippen LogP contribution in [0.1, 0.15) is 142 Å². The number of aliphatic hydroxyl groups is 1. The molecule has 0 heterocycles. The molecule has 0 radical (unpaired) electrons. The second-order valence-corrected chi connectivity index (χ2v) is 10.9. The highest BCUT2D eigenvalue weighted by atomic mass is 16.6. The third-order valence-corrected chi connectivity index (χ3v) is 6.74. The van der Waals surface area contributed by atoms with Crippen LogP contribution in [-0.4, -0.2) is 36.4 Å². The lowest BCUT2D eigenvalue weighted by molar-refractivity contribution is -0.152. The van der Waals surface area contributed by atoms with Gasteiger partial charge in [0.05, 0.1) is 0 Å². The molecule has 0 aliphatic heterocycles. The minimum Gasteiger partial charge on any atom is -0.463 e. The van der Waals surface area contributed by atoms with E-state index in [4.69, 9.17) is 9.47 Å². The van der Waals surface area contributed by atoms with Crippen LogP contribution in [0.25, 0.3) is 0 Å². The number of aliphatic hydroxyl groups excluding tert-OH is 1. The first-order valence-corrected chi connectivity index (χ1v) is 16.8. The van der Waals surface area contributed by atoms with E-state index >= 15 is 0 Å². The smallest absolute Gasteiger partial charge is 0.305 e. The molecule has 0 saturated heterocycles. The Balaban J connectivity index is 3.57. The minimum atomic E-state index is -0.987. The van der Waals surface area contributed by atoms with Crippen molar-refractivity contribution in [2.45, 2.75) is 148 Å². The molecular weight excluding hydrogens is 524 g/mol. The van der Waals surface area contributed by atoms with E-state index in [2.05, 4.69) is 74.6 Å². The first-order valence-electron chi connectivity index (χ1n) is 16.8. The molecule has 42 heavy (non-hydrogen) atoms. The third-order valence-electron chi connectivity index (χ3n) is 6.74. The molecule has 0 aliphatic rings. The van der Waals surface area contributed by atoms with Gasteiger partial charge in [-0.3, -0.25) is 9.59 Å². The summed E-state index contributed by atoms with van der Waals surface area (Å²) in [6.45, 7) is 4.10. The number of allylic oxidation sites excluding steroid dienone is 10. The van der Waals surface area contributed by atoms with Gasteiger partial charge in [-0.1, -0.05) is 113 Å². The second kappa shape index (κ2) is 33.1. The Kier molecular flexibility index (Phi) is 31.2. The number of unbranched alkanes of at least 4 members (excludes halogenated alkanes) is 11. The molecule has 0 fully saturated rings. The summed E-state index contributed by atoms with van der Waals surface area (Å²) >= 11 is 0. The SMILES string of the molecule is CC/C=C\C/C=C\C/C=C\C/C=C\CCCCC(=O)OC[C@H](O)COC(=O)CCCCC/C=C\CCCCCCCC. The number of hydrogen-bond donors (Lipinski definition) is 1. The van der Waals surface area contributed by atoms with E-state index in [1.165, 1.54) is 44.9 Å². The second-order valence-electron chi connectivity index (χ2n) is 10.9. The molecule has 0 rings (SSSR count). The topological polar surface area (TPSA) is 72.8 Å². The van der Waals surface area contributed by atoms with Crippen molar-refractivity contribution in [3.8, 4) is 0 Å². The average Bonchev–Trinajstić information content (AvgIpc) is 2.99. The van der Waals surface area contributed by atoms with Gasteiger partial charge in [-0.05, 0) is 77.0 Å². The van der Waals surface area contributed by atoms with Gasteiger partial charge in [0.15, 0.2) is 0 Å². The summed E-state index contributed by atoms with van der Waals surface area (Å²) in [5.74, 6) is -0.638. The van der Waals surface area contributed by atoms with Gasteiger partial charge in [-0.25, -0.2) is 0 Å². The van der Waals surface area contributed by atoms with Crippen LogP contribution < -0.4 is 0 Å². The quantitative estimate of drug-likeness (QED) is 0.0536. The zero-order valence-electron chi connectivity index (χ0n) is 27.0. The molecule has 1 atom stereocenters. The van der Waals surface area contributed by atoms with E-state index in [9.17, 15) is 14.7 Å². The number of hydrogen-bond acceptors (Lipinski definition) is 5. The Bertz CT molecular complexity index is 762. The number of carbonyl (C=O) groups excluding carboxylic acids is 2. The lowest BCUT2D eigenvalue weighted by Crippen LogP contribution is -2.25. The molecule has 240 valence electrons. The van der Waals surface area contributed by atoms with Crippen molar-refractivity contribution >= 4 is 11.9 Å². The van der Waals surface area contributed by atoms with Crippen molar-refractivity contribution in [3.63, 3.8) is 0 Å². The molecule has 0 aromatic rings. The van der Waals surface area contributed by atoms with Crippen LogP contribution >= 0.6 is 0 Å². The van der Waals surface area contributed by atoms with Crippen LogP contribution in [0.4, 0.5) is 0 Å². The summed E-state index contributed by atoms with van der Waals surface area (Å²) in [6, 6.07) is 0. The number of rotatable bonds is 29. The van der Waals surface area contributed by atoms with Gasteiger partial charge in [0, 0.05) is 12.8 Å². The molecule has 0 aliphatic carbocycles. The van der Waals surface area contributed by atoms with E-state index in [1.54, 1.807) is 0 Å². The molecule has 0 saturated carbocycles. The molecule has 5 nitrogen and oxygen atoms in total. The Morgan fingerprint density at radius 3 is 1.43 bits per heavy atom. The monoisotopic (exact) mass is 586 g/mol. The molecule has 0 unspecified atom stereocenters. The summed E-state index contributed by atoms with van der Waals surface area (Å²) in [7, 11) is 0. The van der Waals surface area contributed by atoms with Gasteiger partial charge in [0.1, 0.15) is 19.3 Å². The molecule has 0 aromatic carbocycles. The van der Waals surface area contributed by atoms with Crippen molar-refractivity contribution < 1.29 is 24.2 Å². The maximum Gasteiger partial charge on any atom is 0.305 e. The van der Waals surface area contributed by atoms with Gasteiger partial charge in [-0.15, -0.1) is 0 Å². The average molecular weight is 587 g/mol. The van der Waals surface area contributed by atoms with Crippen LogP contribution in [0.5, 0.6) is 0 Å². The largest absolute Gasteiger partial charge is 0.463 e. The normalized spacial score (nSPS) is 12.9. The summed E-state index contributed by atoms with van der Waals surface area (Å²) in [6.07, 6.45) is 41.2. The Hall–Kier alpha value is -2.40. The van der Waals surface area contributed by atoms with E-state index in [1.807, 2.05) is 0 Å². The summed E-state index contributed by atoms with van der Waals surface area (Å²) in [5.41, 5.74) is 0. The van der Waals surface area contributed by atoms with E-state index in [-0.39, 0.29) is 25.2 Å². The Morgan fingerprint density at radius 2 is 0.905 bits per heavy atom. The molecule has 0 spiro atoms. The van der Waals surface area contributed by atoms with E-state index in [0.717, 1.165) is 70.6 Å². The molecule has 0 amide bonds. The van der Waals surface area contributed by atoms with Crippen molar-refractivity contribution in [1.82, 2.24) is 0 Å². The highest BCUT2D eigenvalue weighted by Gasteiger charge is 2.11. The van der Waals surface area contributed by atoms with Crippen LogP contribution in [0.3, 0.4) is 0 Å². The fraction of sp³-hybridized carbons (Fsp3) is 0.676. The number of carbonyl (C=O) groups is 2. The predicted octanol–water partition coefficient (Wildman–Crippen LogP) is 10.1. The summed E-state index contributed by atoms with van der Waals surface area (Å²) in [5, 5.41) is 9.95. The molecule has 1 N–H and O–H groups in total.